The highest BCUT2D eigenvalue weighted by Gasteiger charge is 2.30. The van der Waals surface area contributed by atoms with Gasteiger partial charge in [-0.05, 0) is 25.3 Å². The van der Waals surface area contributed by atoms with E-state index in [2.05, 4.69) is 19.2 Å². The van der Waals surface area contributed by atoms with Crippen molar-refractivity contribution in [2.24, 2.45) is 11.7 Å². The van der Waals surface area contributed by atoms with Crippen molar-refractivity contribution in [2.45, 2.75) is 39.2 Å². The standard InChI is InChI=1S/C15H24N2O/c1-11(2)15(4,10-16)17-14(18)12(3)13-8-6-5-7-9-13/h5-9,11-12H,10,16H2,1-4H3,(H,17,18). The summed E-state index contributed by atoms with van der Waals surface area (Å²) in [6.45, 7) is 8.49. The van der Waals surface area contributed by atoms with Crippen molar-refractivity contribution in [3.05, 3.63) is 35.9 Å². The van der Waals surface area contributed by atoms with E-state index in [1.807, 2.05) is 44.2 Å². The first kappa shape index (κ1) is 14.7. The van der Waals surface area contributed by atoms with E-state index in [1.165, 1.54) is 0 Å². The van der Waals surface area contributed by atoms with Crippen LogP contribution in [0.4, 0.5) is 0 Å². The molecule has 1 aromatic carbocycles. The Balaban J connectivity index is 2.77. The van der Waals surface area contributed by atoms with E-state index in [0.717, 1.165) is 5.56 Å². The average Bonchev–Trinajstić information content (AvgIpc) is 2.38. The summed E-state index contributed by atoms with van der Waals surface area (Å²) in [5, 5.41) is 3.08. The maximum atomic E-state index is 12.3. The van der Waals surface area contributed by atoms with Crippen LogP contribution in [-0.4, -0.2) is 18.0 Å². The number of carbonyl (C=O) groups is 1. The monoisotopic (exact) mass is 248 g/mol. The highest BCUT2D eigenvalue weighted by atomic mass is 16.2. The van der Waals surface area contributed by atoms with Crippen molar-refractivity contribution in [2.75, 3.05) is 6.54 Å². The van der Waals surface area contributed by atoms with E-state index in [0.29, 0.717) is 12.5 Å². The van der Waals surface area contributed by atoms with Gasteiger partial charge in [0.25, 0.3) is 0 Å². The normalized spacial score (nSPS) is 16.1. The number of nitrogens with one attached hydrogen (secondary N) is 1. The van der Waals surface area contributed by atoms with Crippen LogP contribution in [-0.2, 0) is 4.79 Å². The Morgan fingerprint density at radius 3 is 2.28 bits per heavy atom. The van der Waals surface area contributed by atoms with E-state index < -0.39 is 0 Å². The fraction of sp³-hybridized carbons (Fsp3) is 0.533. The lowest BCUT2D eigenvalue weighted by Gasteiger charge is -2.34. The molecule has 0 aliphatic heterocycles. The third-order valence-electron chi connectivity index (χ3n) is 3.80. The van der Waals surface area contributed by atoms with Crippen molar-refractivity contribution in [3.8, 4) is 0 Å². The Morgan fingerprint density at radius 1 is 1.28 bits per heavy atom. The maximum Gasteiger partial charge on any atom is 0.227 e. The zero-order valence-corrected chi connectivity index (χ0v) is 11.7. The number of carbonyl (C=O) groups excluding carboxylic acids is 1. The lowest BCUT2D eigenvalue weighted by atomic mass is 9.87. The largest absolute Gasteiger partial charge is 0.349 e. The molecule has 100 valence electrons. The molecule has 1 aromatic rings. The van der Waals surface area contributed by atoms with E-state index >= 15 is 0 Å². The predicted molar refractivity (Wildman–Crippen MR) is 75.3 cm³/mol. The molecular weight excluding hydrogens is 224 g/mol. The summed E-state index contributed by atoms with van der Waals surface area (Å²) in [4.78, 5) is 12.3. The van der Waals surface area contributed by atoms with Crippen LogP contribution < -0.4 is 11.1 Å². The molecule has 0 aromatic heterocycles. The third-order valence-corrected chi connectivity index (χ3v) is 3.80. The summed E-state index contributed by atoms with van der Waals surface area (Å²) in [5.74, 6) is 0.174. The molecule has 3 nitrogen and oxygen atoms in total. The summed E-state index contributed by atoms with van der Waals surface area (Å²) < 4.78 is 0. The summed E-state index contributed by atoms with van der Waals surface area (Å²) in [6, 6.07) is 9.79. The summed E-state index contributed by atoms with van der Waals surface area (Å²) in [7, 11) is 0. The fourth-order valence-corrected chi connectivity index (χ4v) is 1.71. The Hall–Kier alpha value is -1.35. The lowest BCUT2D eigenvalue weighted by molar-refractivity contribution is -0.124. The van der Waals surface area contributed by atoms with Gasteiger partial charge in [0.1, 0.15) is 0 Å². The van der Waals surface area contributed by atoms with Gasteiger partial charge in [-0.3, -0.25) is 4.79 Å². The zero-order chi connectivity index (χ0) is 13.8. The molecule has 2 unspecified atom stereocenters. The lowest BCUT2D eigenvalue weighted by Crippen LogP contribution is -2.55. The molecule has 3 heteroatoms. The molecular formula is C15H24N2O. The van der Waals surface area contributed by atoms with E-state index in [9.17, 15) is 4.79 Å². The third kappa shape index (κ3) is 3.33. The molecule has 1 amide bonds. The minimum absolute atomic E-state index is 0.0304. The number of hydrogen-bond acceptors (Lipinski definition) is 2. The minimum atomic E-state index is -0.347. The van der Waals surface area contributed by atoms with Crippen molar-refractivity contribution >= 4 is 5.91 Å². The molecule has 3 N–H and O–H groups in total. The molecule has 0 saturated heterocycles. The predicted octanol–water partition coefficient (Wildman–Crippen LogP) is 2.28. The number of benzene rings is 1. The highest BCUT2D eigenvalue weighted by molar-refractivity contribution is 5.83. The Bertz CT molecular complexity index is 389. The second-order valence-corrected chi connectivity index (χ2v) is 5.40. The SMILES string of the molecule is CC(C(=O)NC(C)(CN)C(C)C)c1ccccc1. The van der Waals surface area contributed by atoms with Crippen LogP contribution in [0.15, 0.2) is 30.3 Å². The van der Waals surface area contributed by atoms with Gasteiger partial charge in [-0.2, -0.15) is 0 Å². The Labute approximate surface area is 110 Å². The van der Waals surface area contributed by atoms with Crippen LogP contribution in [0.2, 0.25) is 0 Å². The van der Waals surface area contributed by atoms with Gasteiger partial charge in [0.15, 0.2) is 0 Å². The molecule has 0 saturated carbocycles. The second kappa shape index (κ2) is 6.01. The van der Waals surface area contributed by atoms with E-state index in [-0.39, 0.29) is 17.4 Å². The second-order valence-electron chi connectivity index (χ2n) is 5.40. The van der Waals surface area contributed by atoms with Crippen LogP contribution in [0.5, 0.6) is 0 Å². The van der Waals surface area contributed by atoms with Crippen molar-refractivity contribution < 1.29 is 4.79 Å². The highest BCUT2D eigenvalue weighted by Crippen LogP contribution is 2.19. The average molecular weight is 248 g/mol. The van der Waals surface area contributed by atoms with Crippen LogP contribution in [0.3, 0.4) is 0 Å². The van der Waals surface area contributed by atoms with Gasteiger partial charge in [-0.1, -0.05) is 44.2 Å². The fourth-order valence-electron chi connectivity index (χ4n) is 1.71. The zero-order valence-electron chi connectivity index (χ0n) is 11.7. The molecule has 0 aliphatic carbocycles. The van der Waals surface area contributed by atoms with Crippen LogP contribution >= 0.6 is 0 Å². The van der Waals surface area contributed by atoms with Crippen LogP contribution in [0.25, 0.3) is 0 Å². The first-order valence-electron chi connectivity index (χ1n) is 6.47. The summed E-state index contributed by atoms with van der Waals surface area (Å²) in [5.41, 5.74) is 6.46. The Morgan fingerprint density at radius 2 is 1.83 bits per heavy atom. The minimum Gasteiger partial charge on any atom is -0.349 e. The number of hydrogen-bond donors (Lipinski definition) is 2. The van der Waals surface area contributed by atoms with Gasteiger partial charge in [-0.25, -0.2) is 0 Å². The molecule has 0 fully saturated rings. The quantitative estimate of drug-likeness (QED) is 0.840. The first-order chi connectivity index (χ1) is 8.40. The Kier molecular flexibility index (Phi) is 4.91. The van der Waals surface area contributed by atoms with Crippen LogP contribution in [0, 0.1) is 5.92 Å². The van der Waals surface area contributed by atoms with Gasteiger partial charge in [0.2, 0.25) is 5.91 Å². The molecule has 0 aliphatic rings. The van der Waals surface area contributed by atoms with Crippen molar-refractivity contribution in [1.29, 1.82) is 0 Å². The topological polar surface area (TPSA) is 55.1 Å². The van der Waals surface area contributed by atoms with Crippen LogP contribution in [0.1, 0.15) is 39.2 Å². The summed E-state index contributed by atoms with van der Waals surface area (Å²) in [6.07, 6.45) is 0. The van der Waals surface area contributed by atoms with Gasteiger partial charge in [0.05, 0.1) is 11.5 Å². The molecule has 18 heavy (non-hydrogen) atoms. The molecule has 0 radical (unpaired) electrons. The molecule has 1 rings (SSSR count). The number of rotatable bonds is 5. The molecule has 2 atom stereocenters. The number of nitrogens with two attached hydrogens (primary N) is 1. The number of amides is 1. The molecule has 0 spiro atoms. The van der Waals surface area contributed by atoms with E-state index in [1.54, 1.807) is 0 Å². The summed E-state index contributed by atoms with van der Waals surface area (Å²) >= 11 is 0. The molecule has 0 heterocycles. The first-order valence-corrected chi connectivity index (χ1v) is 6.47. The van der Waals surface area contributed by atoms with Gasteiger partial charge in [0, 0.05) is 6.54 Å². The maximum absolute atomic E-state index is 12.3. The van der Waals surface area contributed by atoms with E-state index in [4.69, 9.17) is 5.73 Å². The van der Waals surface area contributed by atoms with Crippen molar-refractivity contribution in [1.82, 2.24) is 5.32 Å². The van der Waals surface area contributed by atoms with Crippen molar-refractivity contribution in [3.63, 3.8) is 0 Å². The smallest absolute Gasteiger partial charge is 0.227 e. The van der Waals surface area contributed by atoms with Gasteiger partial charge < -0.3 is 11.1 Å². The molecule has 0 bridgehead atoms. The van der Waals surface area contributed by atoms with Gasteiger partial charge in [-0.15, -0.1) is 0 Å². The van der Waals surface area contributed by atoms with Gasteiger partial charge >= 0.3 is 0 Å².